The summed E-state index contributed by atoms with van der Waals surface area (Å²) in [5.74, 6) is 0.771. The first-order chi connectivity index (χ1) is 8.75. The number of hydrogen-bond acceptors (Lipinski definition) is 4. The molecular weight excluding hydrogens is 226 g/mol. The van der Waals surface area contributed by atoms with Gasteiger partial charge in [-0.2, -0.15) is 0 Å². The van der Waals surface area contributed by atoms with Gasteiger partial charge in [0.15, 0.2) is 0 Å². The minimum atomic E-state index is 0.602. The summed E-state index contributed by atoms with van der Waals surface area (Å²) in [7, 11) is 0. The maximum atomic E-state index is 5.39. The number of hydrogen-bond donors (Lipinski definition) is 1. The lowest BCUT2D eigenvalue weighted by atomic mass is 10.3. The molecule has 0 saturated heterocycles. The molecule has 1 aromatic heterocycles. The average molecular weight is 243 g/mol. The van der Waals surface area contributed by atoms with Crippen LogP contribution in [-0.4, -0.2) is 29.7 Å². The highest BCUT2D eigenvalue weighted by Crippen LogP contribution is 2.10. The number of anilines is 1. The minimum Gasteiger partial charge on any atom is -0.375 e. The molecule has 1 N–H and O–H groups in total. The van der Waals surface area contributed by atoms with E-state index in [1.165, 1.54) is 0 Å². The largest absolute Gasteiger partial charge is 0.375 e. The lowest BCUT2D eigenvalue weighted by Gasteiger charge is -2.07. The van der Waals surface area contributed by atoms with Crippen LogP contribution in [0.1, 0.15) is 6.92 Å². The van der Waals surface area contributed by atoms with Gasteiger partial charge >= 0.3 is 0 Å². The van der Waals surface area contributed by atoms with Crippen LogP contribution in [-0.2, 0) is 4.74 Å². The normalized spacial score (nSPS) is 10.5. The molecule has 0 fully saturated rings. The van der Waals surface area contributed by atoms with Gasteiger partial charge in [0, 0.05) is 6.54 Å². The summed E-state index contributed by atoms with van der Waals surface area (Å²) in [5.41, 5.74) is 2.83. The van der Waals surface area contributed by atoms with E-state index in [2.05, 4.69) is 21.9 Å². The molecule has 0 aliphatic heterocycles. The van der Waals surface area contributed by atoms with Crippen molar-refractivity contribution in [3.05, 3.63) is 42.6 Å². The Bertz CT molecular complexity index is 539. The van der Waals surface area contributed by atoms with Crippen molar-refractivity contribution < 1.29 is 4.74 Å². The molecule has 94 valence electrons. The third-order valence-electron chi connectivity index (χ3n) is 2.35. The molecule has 0 spiro atoms. The second-order valence-electron chi connectivity index (χ2n) is 4.18. The fourth-order valence-electron chi connectivity index (χ4n) is 1.54. The summed E-state index contributed by atoms with van der Waals surface area (Å²) in [4.78, 5) is 8.79. The molecule has 18 heavy (non-hydrogen) atoms. The van der Waals surface area contributed by atoms with Crippen molar-refractivity contribution in [2.24, 2.45) is 0 Å². The van der Waals surface area contributed by atoms with Crippen LogP contribution in [0.2, 0.25) is 0 Å². The van der Waals surface area contributed by atoms with Crippen LogP contribution in [0.3, 0.4) is 0 Å². The van der Waals surface area contributed by atoms with Crippen molar-refractivity contribution in [3.8, 4) is 0 Å². The van der Waals surface area contributed by atoms with E-state index in [4.69, 9.17) is 4.74 Å². The van der Waals surface area contributed by atoms with E-state index >= 15 is 0 Å². The van der Waals surface area contributed by atoms with E-state index in [1.807, 2.05) is 31.2 Å². The van der Waals surface area contributed by atoms with Crippen molar-refractivity contribution in [2.45, 2.75) is 6.92 Å². The Balaban J connectivity index is 1.86. The van der Waals surface area contributed by atoms with Gasteiger partial charge in [-0.1, -0.05) is 24.3 Å². The van der Waals surface area contributed by atoms with Crippen LogP contribution in [0.4, 0.5) is 5.82 Å². The molecule has 1 heterocycles. The third kappa shape index (κ3) is 3.53. The van der Waals surface area contributed by atoms with Crippen molar-refractivity contribution in [3.63, 3.8) is 0 Å². The zero-order chi connectivity index (χ0) is 12.8. The highest BCUT2D eigenvalue weighted by molar-refractivity contribution is 5.75. The molecule has 1 aromatic carbocycles. The first kappa shape index (κ1) is 12.5. The van der Waals surface area contributed by atoms with Gasteiger partial charge in [0.2, 0.25) is 0 Å². The molecule has 4 nitrogen and oxygen atoms in total. The number of nitrogens with zero attached hydrogens (tertiary/aromatic N) is 2. The lowest BCUT2D eigenvalue weighted by Crippen LogP contribution is -2.11. The summed E-state index contributed by atoms with van der Waals surface area (Å²) in [5, 5.41) is 3.18. The van der Waals surface area contributed by atoms with Gasteiger partial charge in [0.1, 0.15) is 5.82 Å². The second-order valence-corrected chi connectivity index (χ2v) is 4.18. The van der Waals surface area contributed by atoms with Crippen LogP contribution in [0, 0.1) is 0 Å². The Morgan fingerprint density at radius 1 is 1.33 bits per heavy atom. The molecule has 0 unspecified atom stereocenters. The Morgan fingerprint density at radius 3 is 2.89 bits per heavy atom. The molecule has 0 aliphatic carbocycles. The summed E-state index contributed by atoms with van der Waals surface area (Å²) in [6, 6.07) is 7.81. The number of nitrogens with one attached hydrogen (secondary N) is 1. The van der Waals surface area contributed by atoms with Gasteiger partial charge in [-0.05, 0) is 19.1 Å². The topological polar surface area (TPSA) is 47.0 Å². The Labute approximate surface area is 107 Å². The molecule has 2 rings (SSSR count). The van der Waals surface area contributed by atoms with E-state index in [9.17, 15) is 0 Å². The first-order valence-electron chi connectivity index (χ1n) is 5.93. The zero-order valence-corrected chi connectivity index (χ0v) is 10.5. The smallest absolute Gasteiger partial charge is 0.145 e. The second kappa shape index (κ2) is 6.12. The molecule has 0 radical (unpaired) electrons. The highest BCUT2D eigenvalue weighted by atomic mass is 16.5. The predicted molar refractivity (Wildman–Crippen MR) is 73.7 cm³/mol. The molecular formula is C14H17N3O. The van der Waals surface area contributed by atoms with Crippen molar-refractivity contribution in [1.82, 2.24) is 9.97 Å². The Morgan fingerprint density at radius 2 is 2.11 bits per heavy atom. The SMILES string of the molecule is C=C(C)COCCNc1cnc2ccccc2n1. The summed E-state index contributed by atoms with van der Waals surface area (Å²) >= 11 is 0. The standard InChI is InChI=1S/C14H17N3O/c1-11(2)10-18-8-7-15-14-9-16-12-5-3-4-6-13(12)17-14/h3-6,9H,1,7-8,10H2,2H3,(H,15,17). The summed E-state index contributed by atoms with van der Waals surface area (Å²) in [6.45, 7) is 7.66. The molecule has 0 aliphatic rings. The summed E-state index contributed by atoms with van der Waals surface area (Å²) < 4.78 is 5.39. The zero-order valence-electron chi connectivity index (χ0n) is 10.5. The molecule has 0 bridgehead atoms. The lowest BCUT2D eigenvalue weighted by molar-refractivity contribution is 0.167. The highest BCUT2D eigenvalue weighted by Gasteiger charge is 1.98. The molecule has 0 saturated carbocycles. The predicted octanol–water partition coefficient (Wildman–Crippen LogP) is 2.63. The van der Waals surface area contributed by atoms with Gasteiger partial charge < -0.3 is 10.1 Å². The van der Waals surface area contributed by atoms with Crippen molar-refractivity contribution in [1.29, 1.82) is 0 Å². The van der Waals surface area contributed by atoms with Crippen LogP contribution >= 0.6 is 0 Å². The number of fused-ring (bicyclic) bond motifs is 1. The number of benzene rings is 1. The molecule has 0 amide bonds. The van der Waals surface area contributed by atoms with Gasteiger partial charge in [-0.25, -0.2) is 4.98 Å². The maximum Gasteiger partial charge on any atom is 0.145 e. The fourth-order valence-corrected chi connectivity index (χ4v) is 1.54. The maximum absolute atomic E-state index is 5.39. The number of aromatic nitrogens is 2. The Kier molecular flexibility index (Phi) is 4.25. The Hall–Kier alpha value is -1.94. The van der Waals surface area contributed by atoms with Crippen molar-refractivity contribution >= 4 is 16.9 Å². The molecule has 4 heteroatoms. The average Bonchev–Trinajstić information content (AvgIpc) is 2.38. The van der Waals surface area contributed by atoms with E-state index < -0.39 is 0 Å². The quantitative estimate of drug-likeness (QED) is 0.626. The van der Waals surface area contributed by atoms with Crippen LogP contribution in [0.25, 0.3) is 11.0 Å². The van der Waals surface area contributed by atoms with E-state index in [0.29, 0.717) is 19.8 Å². The van der Waals surface area contributed by atoms with Gasteiger partial charge in [-0.3, -0.25) is 4.98 Å². The first-order valence-corrected chi connectivity index (χ1v) is 5.93. The third-order valence-corrected chi connectivity index (χ3v) is 2.35. The van der Waals surface area contributed by atoms with E-state index in [-0.39, 0.29) is 0 Å². The minimum absolute atomic E-state index is 0.602. The van der Waals surface area contributed by atoms with E-state index in [0.717, 1.165) is 22.4 Å². The summed E-state index contributed by atoms with van der Waals surface area (Å²) in [6.07, 6.45) is 1.74. The number of rotatable bonds is 6. The van der Waals surface area contributed by atoms with Gasteiger partial charge in [0.25, 0.3) is 0 Å². The van der Waals surface area contributed by atoms with Crippen LogP contribution in [0.15, 0.2) is 42.6 Å². The van der Waals surface area contributed by atoms with Crippen LogP contribution < -0.4 is 5.32 Å². The monoisotopic (exact) mass is 243 g/mol. The van der Waals surface area contributed by atoms with Crippen molar-refractivity contribution in [2.75, 3.05) is 25.1 Å². The molecule has 0 atom stereocenters. The number of para-hydroxylation sites is 2. The van der Waals surface area contributed by atoms with Gasteiger partial charge in [-0.15, -0.1) is 0 Å². The van der Waals surface area contributed by atoms with Gasteiger partial charge in [0.05, 0.1) is 30.4 Å². The van der Waals surface area contributed by atoms with E-state index in [1.54, 1.807) is 6.20 Å². The van der Waals surface area contributed by atoms with Crippen LogP contribution in [0.5, 0.6) is 0 Å². The fraction of sp³-hybridized carbons (Fsp3) is 0.286. The number of ether oxygens (including phenoxy) is 1. The molecule has 2 aromatic rings.